The van der Waals surface area contributed by atoms with Crippen molar-refractivity contribution in [2.24, 2.45) is 22.1 Å². The number of nitrogens with two attached hydrogens (primary N) is 1. The minimum absolute atomic E-state index is 0. The number of aliphatic imine (C=N–C) groups is 1. The van der Waals surface area contributed by atoms with Crippen molar-refractivity contribution in [3.05, 3.63) is 30.3 Å². The van der Waals surface area contributed by atoms with Crippen LogP contribution in [0.5, 0.6) is 0 Å². The highest BCUT2D eigenvalue weighted by atomic mass is 127. The Bertz CT molecular complexity index is 397. The van der Waals surface area contributed by atoms with Gasteiger partial charge >= 0.3 is 0 Å². The molecule has 1 aromatic carbocycles. The van der Waals surface area contributed by atoms with Crippen LogP contribution in [0.2, 0.25) is 0 Å². The zero-order valence-corrected chi connectivity index (χ0v) is 13.3. The summed E-state index contributed by atoms with van der Waals surface area (Å²) in [6.07, 6.45) is 2.57. The van der Waals surface area contributed by atoms with Gasteiger partial charge in [-0.25, -0.2) is 0 Å². The van der Waals surface area contributed by atoms with Gasteiger partial charge < -0.3 is 11.1 Å². The van der Waals surface area contributed by atoms with Crippen LogP contribution in [-0.2, 0) is 0 Å². The molecule has 1 fully saturated rings. The topological polar surface area (TPSA) is 50.4 Å². The summed E-state index contributed by atoms with van der Waals surface area (Å²) in [7, 11) is 0. The summed E-state index contributed by atoms with van der Waals surface area (Å²) in [5.41, 5.74) is 7.29. The van der Waals surface area contributed by atoms with E-state index in [1.54, 1.807) is 0 Å². The van der Waals surface area contributed by atoms with E-state index in [4.69, 9.17) is 5.73 Å². The number of hydrogen-bond donors (Lipinski definition) is 2. The van der Waals surface area contributed by atoms with Crippen LogP contribution in [0.25, 0.3) is 0 Å². The van der Waals surface area contributed by atoms with Crippen LogP contribution in [0.3, 0.4) is 0 Å². The maximum atomic E-state index is 5.88. The summed E-state index contributed by atoms with van der Waals surface area (Å²) in [5, 5.41) is 3.11. The lowest BCUT2D eigenvalue weighted by Gasteiger charge is -2.17. The van der Waals surface area contributed by atoms with E-state index in [1.165, 1.54) is 12.8 Å². The number of para-hydroxylation sites is 1. The Labute approximate surface area is 126 Å². The van der Waals surface area contributed by atoms with Crippen molar-refractivity contribution in [1.29, 1.82) is 0 Å². The van der Waals surface area contributed by atoms with Crippen LogP contribution in [0.1, 0.15) is 26.7 Å². The molecule has 0 aromatic heterocycles. The Kier molecular flexibility index (Phi) is 5.44. The second-order valence-corrected chi connectivity index (χ2v) is 5.21. The van der Waals surface area contributed by atoms with Gasteiger partial charge in [0.2, 0.25) is 0 Å². The Hall–Kier alpha value is -0.780. The molecule has 100 valence electrons. The van der Waals surface area contributed by atoms with Gasteiger partial charge in [-0.3, -0.25) is 4.99 Å². The summed E-state index contributed by atoms with van der Waals surface area (Å²) in [6.45, 7) is 5.38. The van der Waals surface area contributed by atoms with E-state index in [-0.39, 0.29) is 24.0 Å². The predicted molar refractivity (Wildman–Crippen MR) is 88.5 cm³/mol. The number of nitrogens with one attached hydrogen (secondary N) is 1. The van der Waals surface area contributed by atoms with Crippen LogP contribution in [0.15, 0.2) is 35.3 Å². The van der Waals surface area contributed by atoms with Crippen LogP contribution >= 0.6 is 24.0 Å². The van der Waals surface area contributed by atoms with Crippen molar-refractivity contribution < 1.29 is 0 Å². The van der Waals surface area contributed by atoms with E-state index in [1.807, 2.05) is 30.3 Å². The molecule has 0 radical (unpaired) electrons. The first kappa shape index (κ1) is 15.3. The highest BCUT2D eigenvalue weighted by Crippen LogP contribution is 2.51. The molecule has 0 heterocycles. The third-order valence-corrected chi connectivity index (χ3v) is 3.73. The van der Waals surface area contributed by atoms with Gasteiger partial charge in [-0.15, -0.1) is 24.0 Å². The molecule has 3 N–H and O–H groups in total. The maximum absolute atomic E-state index is 5.88. The fraction of sp³-hybridized carbons (Fsp3) is 0.500. The molecule has 0 amide bonds. The summed E-state index contributed by atoms with van der Waals surface area (Å²) in [4.78, 5) is 4.46. The van der Waals surface area contributed by atoms with Gasteiger partial charge in [-0.2, -0.15) is 0 Å². The van der Waals surface area contributed by atoms with E-state index in [9.17, 15) is 0 Å². The third kappa shape index (κ3) is 3.86. The molecular weight excluding hydrogens is 337 g/mol. The minimum atomic E-state index is 0. The van der Waals surface area contributed by atoms with Crippen molar-refractivity contribution in [1.82, 2.24) is 0 Å². The molecule has 0 spiro atoms. The molecule has 18 heavy (non-hydrogen) atoms. The molecule has 1 aliphatic carbocycles. The van der Waals surface area contributed by atoms with Crippen LogP contribution < -0.4 is 11.1 Å². The fourth-order valence-corrected chi connectivity index (χ4v) is 2.03. The third-order valence-electron chi connectivity index (χ3n) is 3.73. The minimum Gasteiger partial charge on any atom is -0.370 e. The Morgan fingerprint density at radius 1 is 1.33 bits per heavy atom. The quantitative estimate of drug-likeness (QED) is 0.491. The normalized spacial score (nSPS) is 17.2. The van der Waals surface area contributed by atoms with E-state index in [2.05, 4.69) is 24.2 Å². The number of benzene rings is 1. The SMILES string of the molecule is CC(C)C1(CN=C(N)Nc2ccccc2)CC1.I. The molecule has 0 bridgehead atoms. The van der Waals surface area contributed by atoms with Gasteiger partial charge in [-0.05, 0) is 36.3 Å². The average molecular weight is 359 g/mol. The number of hydrogen-bond acceptors (Lipinski definition) is 1. The molecular formula is C14H22IN3. The number of anilines is 1. The van der Waals surface area contributed by atoms with Gasteiger partial charge in [0.15, 0.2) is 5.96 Å². The lowest BCUT2D eigenvalue weighted by atomic mass is 9.93. The first-order valence-electron chi connectivity index (χ1n) is 6.24. The second kappa shape index (κ2) is 6.41. The highest BCUT2D eigenvalue weighted by molar-refractivity contribution is 14.0. The molecule has 2 rings (SSSR count). The van der Waals surface area contributed by atoms with Gasteiger partial charge in [-0.1, -0.05) is 32.0 Å². The molecule has 0 atom stereocenters. The molecule has 3 nitrogen and oxygen atoms in total. The zero-order valence-electron chi connectivity index (χ0n) is 11.0. The van der Waals surface area contributed by atoms with Crippen molar-refractivity contribution in [3.63, 3.8) is 0 Å². The van der Waals surface area contributed by atoms with Crippen molar-refractivity contribution in [3.8, 4) is 0 Å². The number of nitrogens with zero attached hydrogens (tertiary/aromatic N) is 1. The average Bonchev–Trinajstić information content (AvgIpc) is 3.09. The molecule has 1 aliphatic rings. The maximum Gasteiger partial charge on any atom is 0.193 e. The highest BCUT2D eigenvalue weighted by Gasteiger charge is 2.44. The number of halogens is 1. The first-order valence-corrected chi connectivity index (χ1v) is 6.24. The molecule has 4 heteroatoms. The Morgan fingerprint density at radius 2 is 1.94 bits per heavy atom. The molecule has 1 aromatic rings. The molecule has 0 saturated heterocycles. The smallest absolute Gasteiger partial charge is 0.193 e. The van der Waals surface area contributed by atoms with Gasteiger partial charge in [0.1, 0.15) is 0 Å². The van der Waals surface area contributed by atoms with Crippen molar-refractivity contribution in [2.75, 3.05) is 11.9 Å². The van der Waals surface area contributed by atoms with E-state index >= 15 is 0 Å². The molecule has 0 aliphatic heterocycles. The van der Waals surface area contributed by atoms with Gasteiger partial charge in [0.25, 0.3) is 0 Å². The molecule has 0 unspecified atom stereocenters. The van der Waals surface area contributed by atoms with Crippen molar-refractivity contribution >= 4 is 35.6 Å². The summed E-state index contributed by atoms with van der Waals surface area (Å²) in [5.74, 6) is 1.21. The van der Waals surface area contributed by atoms with E-state index in [0.717, 1.165) is 12.2 Å². The summed E-state index contributed by atoms with van der Waals surface area (Å²) < 4.78 is 0. The monoisotopic (exact) mass is 359 g/mol. The second-order valence-electron chi connectivity index (χ2n) is 5.21. The predicted octanol–water partition coefficient (Wildman–Crippen LogP) is 3.47. The summed E-state index contributed by atoms with van der Waals surface area (Å²) in [6, 6.07) is 9.91. The fourth-order valence-electron chi connectivity index (χ4n) is 2.03. The van der Waals surface area contributed by atoms with Gasteiger partial charge in [0, 0.05) is 12.2 Å². The number of guanidine groups is 1. The van der Waals surface area contributed by atoms with E-state index in [0.29, 0.717) is 17.3 Å². The standard InChI is InChI=1S/C14H21N3.HI/c1-11(2)14(8-9-14)10-16-13(15)17-12-6-4-3-5-7-12;/h3-7,11H,8-10H2,1-2H3,(H3,15,16,17);1H. The largest absolute Gasteiger partial charge is 0.370 e. The van der Waals surface area contributed by atoms with Crippen LogP contribution in [0.4, 0.5) is 5.69 Å². The Morgan fingerprint density at radius 3 is 2.44 bits per heavy atom. The zero-order chi connectivity index (χ0) is 12.3. The van der Waals surface area contributed by atoms with E-state index < -0.39 is 0 Å². The Balaban J connectivity index is 0.00000162. The lowest BCUT2D eigenvalue weighted by Crippen LogP contribution is -2.25. The number of rotatable bonds is 4. The first-order chi connectivity index (χ1) is 8.12. The lowest BCUT2D eigenvalue weighted by molar-refractivity contribution is 0.371. The van der Waals surface area contributed by atoms with Crippen LogP contribution in [-0.4, -0.2) is 12.5 Å². The summed E-state index contributed by atoms with van der Waals surface area (Å²) >= 11 is 0. The van der Waals surface area contributed by atoms with Crippen molar-refractivity contribution in [2.45, 2.75) is 26.7 Å². The van der Waals surface area contributed by atoms with Crippen LogP contribution in [0, 0.1) is 11.3 Å². The van der Waals surface area contributed by atoms with Gasteiger partial charge in [0.05, 0.1) is 0 Å². The molecule has 1 saturated carbocycles.